The molecule has 1 aromatic rings. The van der Waals surface area contributed by atoms with Gasteiger partial charge < -0.3 is 10.1 Å². The molecule has 0 aromatic heterocycles. The van der Waals surface area contributed by atoms with E-state index >= 15 is 0 Å². The van der Waals surface area contributed by atoms with Crippen LogP contribution in [-0.4, -0.2) is 26.0 Å². The number of hydrogen-bond donors (Lipinski definition) is 1. The highest BCUT2D eigenvalue weighted by atomic mass is 19.1. The van der Waals surface area contributed by atoms with Crippen molar-refractivity contribution >= 4 is 5.78 Å². The standard InChI is InChI=1S/C11H11F2NO2/c1-14-5-8(15)10-7(12)4-9-6(11(10)13)2-3-16-9/h4,14H,2-3,5H2,1H3. The molecule has 86 valence electrons. The number of ether oxygens (including phenoxy) is 1. The van der Waals surface area contributed by atoms with Gasteiger partial charge in [-0.15, -0.1) is 0 Å². The second kappa shape index (κ2) is 4.17. The fraction of sp³-hybridized carbons (Fsp3) is 0.364. The van der Waals surface area contributed by atoms with Gasteiger partial charge in [0.2, 0.25) is 0 Å². The van der Waals surface area contributed by atoms with Crippen LogP contribution in [0.5, 0.6) is 5.75 Å². The van der Waals surface area contributed by atoms with Crippen molar-refractivity contribution in [3.8, 4) is 5.75 Å². The molecule has 16 heavy (non-hydrogen) atoms. The number of Topliss-reactive ketones (excluding diaryl/α,β-unsaturated/α-hetero) is 1. The maximum absolute atomic E-state index is 13.8. The third-order valence-corrected chi connectivity index (χ3v) is 2.50. The van der Waals surface area contributed by atoms with Gasteiger partial charge in [-0.2, -0.15) is 0 Å². The van der Waals surface area contributed by atoms with Crippen LogP contribution in [0.15, 0.2) is 6.07 Å². The van der Waals surface area contributed by atoms with Crippen LogP contribution in [0.2, 0.25) is 0 Å². The van der Waals surface area contributed by atoms with Gasteiger partial charge in [-0.1, -0.05) is 0 Å². The van der Waals surface area contributed by atoms with Crippen LogP contribution in [-0.2, 0) is 6.42 Å². The topological polar surface area (TPSA) is 38.3 Å². The number of benzene rings is 1. The highest BCUT2D eigenvalue weighted by Gasteiger charge is 2.26. The van der Waals surface area contributed by atoms with Gasteiger partial charge in [0, 0.05) is 18.1 Å². The largest absolute Gasteiger partial charge is 0.493 e. The van der Waals surface area contributed by atoms with Gasteiger partial charge in [0.05, 0.1) is 18.7 Å². The van der Waals surface area contributed by atoms with E-state index in [1.165, 1.54) is 0 Å². The number of hydrogen-bond acceptors (Lipinski definition) is 3. The first kappa shape index (κ1) is 11.0. The molecule has 0 fully saturated rings. The zero-order chi connectivity index (χ0) is 11.7. The quantitative estimate of drug-likeness (QED) is 0.791. The number of carbonyl (C=O) groups excluding carboxylic acids is 1. The number of nitrogens with one attached hydrogen (secondary N) is 1. The molecule has 0 bridgehead atoms. The predicted octanol–water partition coefficient (Wildman–Crippen LogP) is 1.30. The normalized spacial score (nSPS) is 13.4. The van der Waals surface area contributed by atoms with Crippen molar-refractivity contribution in [1.29, 1.82) is 0 Å². The number of likely N-dealkylation sites (N-methyl/N-ethyl adjacent to an activating group) is 1. The van der Waals surface area contributed by atoms with Crippen LogP contribution in [0.1, 0.15) is 15.9 Å². The Labute approximate surface area is 91.4 Å². The van der Waals surface area contributed by atoms with Gasteiger partial charge in [0.15, 0.2) is 5.78 Å². The summed E-state index contributed by atoms with van der Waals surface area (Å²) < 4.78 is 32.4. The molecule has 3 nitrogen and oxygen atoms in total. The Morgan fingerprint density at radius 2 is 2.31 bits per heavy atom. The Balaban J connectivity index is 2.50. The van der Waals surface area contributed by atoms with Crippen LogP contribution < -0.4 is 10.1 Å². The van der Waals surface area contributed by atoms with E-state index in [1.54, 1.807) is 7.05 Å². The van der Waals surface area contributed by atoms with Crippen LogP contribution in [0.25, 0.3) is 0 Å². The van der Waals surface area contributed by atoms with Crippen molar-refractivity contribution in [1.82, 2.24) is 5.32 Å². The summed E-state index contributed by atoms with van der Waals surface area (Å²) in [5.41, 5.74) is -0.181. The van der Waals surface area contributed by atoms with Crippen molar-refractivity contribution in [2.75, 3.05) is 20.2 Å². The SMILES string of the molecule is CNCC(=O)c1c(F)cc2c(c1F)CCO2. The highest BCUT2D eigenvalue weighted by Crippen LogP contribution is 2.31. The van der Waals surface area contributed by atoms with Gasteiger partial charge in [-0.05, 0) is 7.05 Å². The van der Waals surface area contributed by atoms with E-state index < -0.39 is 23.0 Å². The predicted molar refractivity (Wildman–Crippen MR) is 53.8 cm³/mol. The molecule has 1 heterocycles. The van der Waals surface area contributed by atoms with Crippen LogP contribution in [0.3, 0.4) is 0 Å². The molecule has 0 radical (unpaired) electrons. The first-order valence-electron chi connectivity index (χ1n) is 4.96. The second-order valence-electron chi connectivity index (χ2n) is 3.58. The summed E-state index contributed by atoms with van der Waals surface area (Å²) in [5.74, 6) is -2.03. The first-order chi connectivity index (χ1) is 7.65. The summed E-state index contributed by atoms with van der Waals surface area (Å²) in [6.07, 6.45) is 0.376. The van der Waals surface area contributed by atoms with E-state index in [2.05, 4.69) is 5.32 Å². The van der Waals surface area contributed by atoms with Gasteiger partial charge >= 0.3 is 0 Å². The van der Waals surface area contributed by atoms with Crippen LogP contribution >= 0.6 is 0 Å². The molecule has 0 amide bonds. The number of ketones is 1. The van der Waals surface area contributed by atoms with Gasteiger partial charge in [0.25, 0.3) is 0 Å². The summed E-state index contributed by atoms with van der Waals surface area (Å²) in [6.45, 7) is 0.239. The fourth-order valence-corrected chi connectivity index (χ4v) is 1.77. The molecule has 0 saturated heterocycles. The van der Waals surface area contributed by atoms with E-state index in [-0.39, 0.29) is 12.3 Å². The van der Waals surface area contributed by atoms with E-state index in [9.17, 15) is 13.6 Å². The van der Waals surface area contributed by atoms with Crippen LogP contribution in [0.4, 0.5) is 8.78 Å². The molecule has 1 N–H and O–H groups in total. The molecule has 1 aromatic carbocycles. The Kier molecular flexibility index (Phi) is 2.87. The maximum Gasteiger partial charge on any atom is 0.182 e. The third-order valence-electron chi connectivity index (χ3n) is 2.50. The molecule has 2 rings (SSSR count). The summed E-state index contributed by atoms with van der Waals surface area (Å²) in [5, 5.41) is 2.57. The van der Waals surface area contributed by atoms with E-state index in [0.29, 0.717) is 18.6 Å². The van der Waals surface area contributed by atoms with Gasteiger partial charge in [0.1, 0.15) is 17.4 Å². The van der Waals surface area contributed by atoms with Crippen molar-refractivity contribution < 1.29 is 18.3 Å². The number of rotatable bonds is 3. The zero-order valence-corrected chi connectivity index (χ0v) is 8.77. The van der Waals surface area contributed by atoms with E-state index in [1.807, 2.05) is 0 Å². The molecule has 0 saturated carbocycles. The Morgan fingerprint density at radius 1 is 1.56 bits per heavy atom. The minimum absolute atomic E-state index is 0.0898. The number of fused-ring (bicyclic) bond motifs is 1. The lowest BCUT2D eigenvalue weighted by molar-refractivity contribution is 0.0985. The lowest BCUT2D eigenvalue weighted by Gasteiger charge is -2.07. The second-order valence-corrected chi connectivity index (χ2v) is 3.58. The fourth-order valence-electron chi connectivity index (χ4n) is 1.77. The monoisotopic (exact) mass is 227 g/mol. The molecule has 0 atom stereocenters. The lowest BCUT2D eigenvalue weighted by Crippen LogP contribution is -2.21. The Bertz CT molecular complexity index is 446. The summed E-state index contributed by atoms with van der Waals surface area (Å²) in [7, 11) is 1.55. The molecule has 1 aliphatic heterocycles. The van der Waals surface area contributed by atoms with E-state index in [4.69, 9.17) is 4.74 Å². The molecule has 0 spiro atoms. The van der Waals surface area contributed by atoms with Crippen molar-refractivity contribution in [2.45, 2.75) is 6.42 Å². The molecular weight excluding hydrogens is 216 g/mol. The third kappa shape index (κ3) is 1.67. The molecule has 5 heteroatoms. The summed E-state index contributed by atoms with van der Waals surface area (Å²) >= 11 is 0. The van der Waals surface area contributed by atoms with E-state index in [0.717, 1.165) is 6.07 Å². The van der Waals surface area contributed by atoms with Crippen LogP contribution in [0, 0.1) is 11.6 Å². The highest BCUT2D eigenvalue weighted by molar-refractivity contribution is 5.98. The first-order valence-corrected chi connectivity index (χ1v) is 4.96. The molecule has 0 unspecified atom stereocenters. The van der Waals surface area contributed by atoms with Crippen molar-refractivity contribution in [3.05, 3.63) is 28.8 Å². The smallest absolute Gasteiger partial charge is 0.182 e. The molecular formula is C11H11F2NO2. The minimum Gasteiger partial charge on any atom is -0.493 e. The van der Waals surface area contributed by atoms with Crippen molar-refractivity contribution in [2.24, 2.45) is 0 Å². The molecule has 1 aliphatic rings. The van der Waals surface area contributed by atoms with Gasteiger partial charge in [-0.3, -0.25) is 4.79 Å². The summed E-state index contributed by atoms with van der Waals surface area (Å²) in [4.78, 5) is 11.5. The number of carbonyl (C=O) groups is 1. The average molecular weight is 227 g/mol. The maximum atomic E-state index is 13.8. The Hall–Kier alpha value is -1.49. The Morgan fingerprint density at radius 3 is 3.00 bits per heavy atom. The lowest BCUT2D eigenvalue weighted by atomic mass is 10.0. The zero-order valence-electron chi connectivity index (χ0n) is 8.77. The minimum atomic E-state index is -0.863. The van der Waals surface area contributed by atoms with Gasteiger partial charge in [-0.25, -0.2) is 8.78 Å². The summed E-state index contributed by atoms with van der Waals surface area (Å²) in [6, 6.07) is 1.08. The average Bonchev–Trinajstić information content (AvgIpc) is 2.66. The molecule has 0 aliphatic carbocycles. The number of halogens is 2. The van der Waals surface area contributed by atoms with Crippen molar-refractivity contribution in [3.63, 3.8) is 0 Å².